The number of aromatic nitrogens is 1. The van der Waals surface area contributed by atoms with Gasteiger partial charge in [-0.05, 0) is 24.8 Å². The Morgan fingerprint density at radius 2 is 2.17 bits per heavy atom. The molecule has 1 aromatic heterocycles. The summed E-state index contributed by atoms with van der Waals surface area (Å²) in [5, 5.41) is 3.26. The van der Waals surface area contributed by atoms with Gasteiger partial charge < -0.3 is 11.1 Å². The maximum Gasteiger partial charge on any atom is 0.252 e. The number of rotatable bonds is 3. The van der Waals surface area contributed by atoms with Crippen molar-refractivity contribution < 1.29 is 4.79 Å². The van der Waals surface area contributed by atoms with E-state index in [1.165, 1.54) is 38.3 Å². The number of hydrogen-bond donors (Lipinski definition) is 2. The van der Waals surface area contributed by atoms with Crippen molar-refractivity contribution >= 4 is 23.3 Å². The molecule has 0 bridgehead atoms. The van der Waals surface area contributed by atoms with E-state index in [0.717, 1.165) is 6.54 Å². The molecule has 1 aliphatic carbocycles. The van der Waals surface area contributed by atoms with Crippen LogP contribution in [0.5, 0.6) is 0 Å². The maximum absolute atomic E-state index is 11.9. The molecule has 5 heteroatoms. The highest BCUT2D eigenvalue weighted by Crippen LogP contribution is 2.23. The van der Waals surface area contributed by atoms with Gasteiger partial charge in [-0.3, -0.25) is 4.79 Å². The van der Waals surface area contributed by atoms with Crippen molar-refractivity contribution in [3.05, 3.63) is 22.8 Å². The summed E-state index contributed by atoms with van der Waals surface area (Å²) in [5.41, 5.74) is 5.97. The molecule has 1 heterocycles. The van der Waals surface area contributed by atoms with E-state index in [1.807, 2.05) is 0 Å². The number of carbonyl (C=O) groups is 1. The summed E-state index contributed by atoms with van der Waals surface area (Å²) in [6.07, 6.45) is 7.74. The van der Waals surface area contributed by atoms with Crippen molar-refractivity contribution in [3.8, 4) is 0 Å². The Morgan fingerprint density at radius 1 is 1.44 bits per heavy atom. The quantitative estimate of drug-likeness (QED) is 0.885. The molecule has 0 aromatic carbocycles. The highest BCUT2D eigenvalue weighted by atomic mass is 35.5. The summed E-state index contributed by atoms with van der Waals surface area (Å²) in [6, 6.07) is 1.56. The molecule has 0 radical (unpaired) electrons. The van der Waals surface area contributed by atoms with Crippen LogP contribution in [-0.2, 0) is 0 Å². The van der Waals surface area contributed by atoms with E-state index >= 15 is 0 Å². The van der Waals surface area contributed by atoms with Crippen LogP contribution in [0.25, 0.3) is 0 Å². The predicted molar refractivity (Wildman–Crippen MR) is 72.6 cm³/mol. The molecule has 0 saturated heterocycles. The summed E-state index contributed by atoms with van der Waals surface area (Å²) < 4.78 is 0. The fourth-order valence-electron chi connectivity index (χ4n) is 2.30. The van der Waals surface area contributed by atoms with Crippen LogP contribution in [0.4, 0.5) is 5.82 Å². The molecule has 2 rings (SSSR count). The van der Waals surface area contributed by atoms with Crippen LogP contribution in [-0.4, -0.2) is 17.4 Å². The van der Waals surface area contributed by atoms with Crippen molar-refractivity contribution in [2.75, 3.05) is 12.3 Å². The van der Waals surface area contributed by atoms with Crippen molar-refractivity contribution in [2.24, 2.45) is 5.92 Å². The van der Waals surface area contributed by atoms with E-state index in [4.69, 9.17) is 17.3 Å². The molecular formula is C13H18ClN3O. The first-order chi connectivity index (χ1) is 8.66. The number of hydrogen-bond acceptors (Lipinski definition) is 3. The van der Waals surface area contributed by atoms with Gasteiger partial charge in [-0.25, -0.2) is 4.98 Å². The summed E-state index contributed by atoms with van der Waals surface area (Å²) >= 11 is 5.84. The smallest absolute Gasteiger partial charge is 0.252 e. The van der Waals surface area contributed by atoms with Crippen LogP contribution in [0.3, 0.4) is 0 Å². The second-order valence-corrected chi connectivity index (χ2v) is 5.21. The third kappa shape index (κ3) is 3.35. The Balaban J connectivity index is 1.88. The van der Waals surface area contributed by atoms with Crippen LogP contribution in [0, 0.1) is 5.92 Å². The molecular weight excluding hydrogens is 250 g/mol. The molecule has 98 valence electrons. The van der Waals surface area contributed by atoms with Gasteiger partial charge in [0.25, 0.3) is 5.91 Å². The van der Waals surface area contributed by atoms with E-state index in [2.05, 4.69) is 10.3 Å². The molecule has 0 unspecified atom stereocenters. The van der Waals surface area contributed by atoms with E-state index in [9.17, 15) is 4.79 Å². The second-order valence-electron chi connectivity index (χ2n) is 4.81. The lowest BCUT2D eigenvalue weighted by molar-refractivity contribution is 0.0943. The zero-order valence-corrected chi connectivity index (χ0v) is 11.0. The molecule has 1 aliphatic rings. The maximum atomic E-state index is 11.9. The zero-order valence-electron chi connectivity index (χ0n) is 10.3. The number of halogens is 1. The van der Waals surface area contributed by atoms with E-state index in [1.54, 1.807) is 6.07 Å². The summed E-state index contributed by atoms with van der Waals surface area (Å²) in [6.45, 7) is 0.737. The van der Waals surface area contributed by atoms with Gasteiger partial charge in [-0.2, -0.15) is 0 Å². The highest BCUT2D eigenvalue weighted by molar-refractivity contribution is 6.33. The molecule has 4 nitrogen and oxygen atoms in total. The predicted octanol–water partition coefficient (Wildman–Crippen LogP) is 2.63. The van der Waals surface area contributed by atoms with Gasteiger partial charge in [0.15, 0.2) is 0 Å². The molecule has 1 amide bonds. The SMILES string of the molecule is Nc1ncc(C(=O)NCC2CCCCC2)cc1Cl. The fraction of sp³-hybridized carbons (Fsp3) is 0.538. The molecule has 18 heavy (non-hydrogen) atoms. The van der Waals surface area contributed by atoms with Crippen molar-refractivity contribution in [2.45, 2.75) is 32.1 Å². The lowest BCUT2D eigenvalue weighted by Gasteiger charge is -2.21. The minimum absolute atomic E-state index is 0.130. The highest BCUT2D eigenvalue weighted by Gasteiger charge is 2.15. The van der Waals surface area contributed by atoms with E-state index in [-0.39, 0.29) is 11.7 Å². The van der Waals surface area contributed by atoms with Gasteiger partial charge in [0.2, 0.25) is 0 Å². The first kappa shape index (κ1) is 13.1. The summed E-state index contributed by atoms with van der Waals surface area (Å²) in [7, 11) is 0. The normalized spacial score (nSPS) is 16.5. The first-order valence-electron chi connectivity index (χ1n) is 6.36. The number of carbonyl (C=O) groups excluding carboxylic acids is 1. The Kier molecular flexibility index (Phi) is 4.42. The van der Waals surface area contributed by atoms with Gasteiger partial charge >= 0.3 is 0 Å². The van der Waals surface area contributed by atoms with E-state index < -0.39 is 0 Å². The number of anilines is 1. The largest absolute Gasteiger partial charge is 0.382 e. The number of nitrogens with two attached hydrogens (primary N) is 1. The molecule has 0 spiro atoms. The fourth-order valence-corrected chi connectivity index (χ4v) is 2.47. The molecule has 0 atom stereocenters. The average Bonchev–Trinajstić information content (AvgIpc) is 2.40. The Bertz CT molecular complexity index is 430. The topological polar surface area (TPSA) is 68.0 Å². The first-order valence-corrected chi connectivity index (χ1v) is 6.74. The van der Waals surface area contributed by atoms with Crippen LogP contribution in [0.15, 0.2) is 12.3 Å². The van der Waals surface area contributed by atoms with Gasteiger partial charge in [0.1, 0.15) is 5.82 Å². The third-order valence-electron chi connectivity index (χ3n) is 3.41. The average molecular weight is 268 g/mol. The number of nitrogens with zero attached hydrogens (tertiary/aromatic N) is 1. The summed E-state index contributed by atoms with van der Waals surface area (Å²) in [5.74, 6) is 0.732. The monoisotopic (exact) mass is 267 g/mol. The lowest BCUT2D eigenvalue weighted by Crippen LogP contribution is -2.30. The second kappa shape index (κ2) is 6.05. The molecule has 1 fully saturated rings. The number of pyridine rings is 1. The molecule has 1 saturated carbocycles. The van der Waals surface area contributed by atoms with Crippen molar-refractivity contribution in [1.82, 2.24) is 10.3 Å². The van der Waals surface area contributed by atoms with Crippen LogP contribution in [0.1, 0.15) is 42.5 Å². The van der Waals surface area contributed by atoms with Gasteiger partial charge in [-0.15, -0.1) is 0 Å². The Hall–Kier alpha value is -1.29. The number of nitrogens with one attached hydrogen (secondary N) is 1. The van der Waals surface area contributed by atoms with Gasteiger partial charge in [0, 0.05) is 12.7 Å². The number of nitrogen functional groups attached to an aromatic ring is 1. The standard InChI is InChI=1S/C13H18ClN3O/c14-11-6-10(8-16-12(11)15)13(18)17-7-9-4-2-1-3-5-9/h6,8-9H,1-5,7H2,(H2,15,16)(H,17,18). The molecule has 3 N–H and O–H groups in total. The minimum Gasteiger partial charge on any atom is -0.382 e. The van der Waals surface area contributed by atoms with Crippen LogP contribution < -0.4 is 11.1 Å². The van der Waals surface area contributed by atoms with Gasteiger partial charge in [0.05, 0.1) is 10.6 Å². The Labute approximate surface area is 112 Å². The van der Waals surface area contributed by atoms with Crippen LogP contribution >= 0.6 is 11.6 Å². The third-order valence-corrected chi connectivity index (χ3v) is 3.71. The van der Waals surface area contributed by atoms with Crippen LogP contribution in [0.2, 0.25) is 5.02 Å². The van der Waals surface area contributed by atoms with Crippen molar-refractivity contribution in [3.63, 3.8) is 0 Å². The number of amides is 1. The lowest BCUT2D eigenvalue weighted by atomic mass is 9.89. The molecule has 1 aromatic rings. The Morgan fingerprint density at radius 3 is 2.83 bits per heavy atom. The molecule has 0 aliphatic heterocycles. The zero-order chi connectivity index (χ0) is 13.0. The summed E-state index contributed by atoms with van der Waals surface area (Å²) in [4.78, 5) is 15.8. The van der Waals surface area contributed by atoms with E-state index in [0.29, 0.717) is 16.5 Å². The van der Waals surface area contributed by atoms with Crippen molar-refractivity contribution in [1.29, 1.82) is 0 Å². The van der Waals surface area contributed by atoms with Gasteiger partial charge in [-0.1, -0.05) is 30.9 Å². The minimum atomic E-state index is -0.130.